The predicted octanol–water partition coefficient (Wildman–Crippen LogP) is 3.11. The molecule has 0 radical (unpaired) electrons. The second kappa shape index (κ2) is 10.7. The Hall–Kier alpha value is -3.22. The third-order valence-electron chi connectivity index (χ3n) is 3.57. The summed E-state index contributed by atoms with van der Waals surface area (Å²) in [6, 6.07) is 11.8. The van der Waals surface area contributed by atoms with Gasteiger partial charge < -0.3 is 19.3 Å². The number of phenols is 1. The van der Waals surface area contributed by atoms with Gasteiger partial charge in [0, 0.05) is 0 Å². The lowest BCUT2D eigenvalue weighted by Gasteiger charge is -2.08. The van der Waals surface area contributed by atoms with E-state index < -0.39 is 0 Å². The van der Waals surface area contributed by atoms with E-state index in [2.05, 4.69) is 17.5 Å². The number of carbonyl (C=O) groups excluding carboxylic acids is 1. The van der Waals surface area contributed by atoms with Gasteiger partial charge in [0.1, 0.15) is 11.5 Å². The lowest BCUT2D eigenvalue weighted by atomic mass is 10.2. The van der Waals surface area contributed by atoms with Gasteiger partial charge >= 0.3 is 0 Å². The first-order valence-corrected chi connectivity index (χ1v) is 8.67. The number of amides is 1. The van der Waals surface area contributed by atoms with E-state index in [1.165, 1.54) is 19.4 Å². The molecule has 0 bridgehead atoms. The van der Waals surface area contributed by atoms with Gasteiger partial charge in [-0.05, 0) is 54.4 Å². The molecule has 0 fully saturated rings. The number of hydrogen-bond donors (Lipinski definition) is 2. The fraction of sp³-hybridized carbons (Fsp3) is 0.300. The third kappa shape index (κ3) is 6.89. The number of methoxy groups -OCH3 is 1. The minimum Gasteiger partial charge on any atom is -0.504 e. The molecule has 0 aliphatic carbocycles. The smallest absolute Gasteiger partial charge is 0.277 e. The summed E-state index contributed by atoms with van der Waals surface area (Å²) in [6.07, 6.45) is 3.54. The van der Waals surface area contributed by atoms with E-state index in [1.54, 1.807) is 36.4 Å². The molecule has 2 rings (SSSR count). The molecule has 27 heavy (non-hydrogen) atoms. The third-order valence-corrected chi connectivity index (χ3v) is 3.57. The molecule has 0 unspecified atom stereocenters. The van der Waals surface area contributed by atoms with Crippen LogP contribution in [0.1, 0.15) is 25.3 Å². The molecule has 0 aliphatic heterocycles. The standard InChI is InChI=1S/C20H24N2O5/c1-3-4-11-26-16-6-8-17(9-7-16)27-14-20(24)22-21-13-15-5-10-18(23)19(12-15)25-2/h5-10,12-13,23H,3-4,11,14H2,1-2H3,(H,22,24). The maximum atomic E-state index is 11.8. The lowest BCUT2D eigenvalue weighted by molar-refractivity contribution is -0.123. The maximum Gasteiger partial charge on any atom is 0.277 e. The summed E-state index contributed by atoms with van der Waals surface area (Å²) < 4.78 is 16.0. The molecule has 0 aliphatic rings. The van der Waals surface area contributed by atoms with Crippen molar-refractivity contribution >= 4 is 12.1 Å². The number of nitrogens with zero attached hydrogens (tertiary/aromatic N) is 1. The second-order valence-electron chi connectivity index (χ2n) is 5.69. The van der Waals surface area contributed by atoms with E-state index in [4.69, 9.17) is 14.2 Å². The Morgan fingerprint density at radius 2 is 1.85 bits per heavy atom. The van der Waals surface area contributed by atoms with Crippen molar-refractivity contribution in [3.8, 4) is 23.0 Å². The molecule has 144 valence electrons. The van der Waals surface area contributed by atoms with Crippen molar-refractivity contribution in [1.82, 2.24) is 5.43 Å². The number of unbranched alkanes of at least 4 members (excludes halogenated alkanes) is 1. The summed E-state index contributed by atoms with van der Waals surface area (Å²) in [7, 11) is 1.46. The van der Waals surface area contributed by atoms with Gasteiger partial charge in [-0.1, -0.05) is 13.3 Å². The molecular formula is C20H24N2O5. The predicted molar refractivity (Wildman–Crippen MR) is 103 cm³/mol. The van der Waals surface area contributed by atoms with Crippen LogP contribution in [0.3, 0.4) is 0 Å². The van der Waals surface area contributed by atoms with E-state index in [0.717, 1.165) is 18.6 Å². The van der Waals surface area contributed by atoms with Gasteiger partial charge in [0.2, 0.25) is 0 Å². The van der Waals surface area contributed by atoms with Crippen molar-refractivity contribution in [3.05, 3.63) is 48.0 Å². The number of phenolic OH excluding ortho intramolecular Hbond substituents is 1. The zero-order valence-electron chi connectivity index (χ0n) is 15.5. The quantitative estimate of drug-likeness (QED) is 0.380. The van der Waals surface area contributed by atoms with Crippen LogP contribution < -0.4 is 19.6 Å². The van der Waals surface area contributed by atoms with Crippen LogP contribution in [0.2, 0.25) is 0 Å². The number of nitrogens with one attached hydrogen (secondary N) is 1. The summed E-state index contributed by atoms with van der Waals surface area (Å²) in [5.74, 6) is 1.32. The highest BCUT2D eigenvalue weighted by atomic mass is 16.5. The molecule has 1 amide bonds. The lowest BCUT2D eigenvalue weighted by Crippen LogP contribution is -2.24. The highest BCUT2D eigenvalue weighted by molar-refractivity contribution is 5.83. The largest absolute Gasteiger partial charge is 0.504 e. The number of ether oxygens (including phenoxy) is 3. The molecule has 2 aromatic carbocycles. The molecule has 0 saturated heterocycles. The molecular weight excluding hydrogens is 348 g/mol. The molecule has 2 N–H and O–H groups in total. The number of hydrogen-bond acceptors (Lipinski definition) is 6. The Kier molecular flexibility index (Phi) is 7.96. The molecule has 7 nitrogen and oxygen atoms in total. The van der Waals surface area contributed by atoms with Crippen LogP contribution in [0.5, 0.6) is 23.0 Å². The maximum absolute atomic E-state index is 11.8. The summed E-state index contributed by atoms with van der Waals surface area (Å²) >= 11 is 0. The molecule has 0 aromatic heterocycles. The van der Waals surface area contributed by atoms with Gasteiger partial charge in [-0.2, -0.15) is 5.10 Å². The Balaban J connectivity index is 1.75. The number of rotatable bonds is 10. The summed E-state index contributed by atoms with van der Waals surface area (Å²) in [5, 5.41) is 13.4. The van der Waals surface area contributed by atoms with Crippen LogP contribution >= 0.6 is 0 Å². The van der Waals surface area contributed by atoms with Crippen molar-refractivity contribution in [2.24, 2.45) is 5.10 Å². The van der Waals surface area contributed by atoms with Gasteiger partial charge in [0.15, 0.2) is 18.1 Å². The van der Waals surface area contributed by atoms with Crippen LogP contribution in [-0.4, -0.2) is 37.6 Å². The van der Waals surface area contributed by atoms with E-state index in [1.807, 2.05) is 0 Å². The van der Waals surface area contributed by atoms with Gasteiger partial charge in [0.05, 0.1) is 19.9 Å². The molecule has 0 atom stereocenters. The first kappa shape index (κ1) is 20.1. The average molecular weight is 372 g/mol. The zero-order chi connectivity index (χ0) is 19.5. The van der Waals surface area contributed by atoms with Crippen LogP contribution in [0.25, 0.3) is 0 Å². The van der Waals surface area contributed by atoms with Gasteiger partial charge in [-0.25, -0.2) is 5.43 Å². The van der Waals surface area contributed by atoms with E-state index >= 15 is 0 Å². The Morgan fingerprint density at radius 3 is 2.52 bits per heavy atom. The molecule has 2 aromatic rings. The highest BCUT2D eigenvalue weighted by Gasteiger charge is 2.03. The topological polar surface area (TPSA) is 89.4 Å². The number of carbonyl (C=O) groups is 1. The first-order chi connectivity index (χ1) is 13.1. The summed E-state index contributed by atoms with van der Waals surface area (Å²) in [4.78, 5) is 11.8. The van der Waals surface area contributed by atoms with Crippen LogP contribution in [0, 0.1) is 0 Å². The Bertz CT molecular complexity index is 759. The van der Waals surface area contributed by atoms with Crippen LogP contribution in [0.4, 0.5) is 0 Å². The van der Waals surface area contributed by atoms with E-state index in [0.29, 0.717) is 23.7 Å². The van der Waals surface area contributed by atoms with Gasteiger partial charge in [-0.15, -0.1) is 0 Å². The van der Waals surface area contributed by atoms with Crippen molar-refractivity contribution in [2.75, 3.05) is 20.3 Å². The van der Waals surface area contributed by atoms with Crippen LogP contribution in [-0.2, 0) is 4.79 Å². The number of benzene rings is 2. The fourth-order valence-corrected chi connectivity index (χ4v) is 2.10. The minimum absolute atomic E-state index is 0.0360. The zero-order valence-corrected chi connectivity index (χ0v) is 15.5. The first-order valence-electron chi connectivity index (χ1n) is 8.67. The molecule has 7 heteroatoms. The second-order valence-corrected chi connectivity index (χ2v) is 5.69. The normalized spacial score (nSPS) is 10.6. The fourth-order valence-electron chi connectivity index (χ4n) is 2.10. The minimum atomic E-state index is -0.389. The summed E-state index contributed by atoms with van der Waals surface area (Å²) in [5.41, 5.74) is 3.05. The number of aromatic hydroxyl groups is 1. The molecule has 0 heterocycles. The van der Waals surface area contributed by atoms with E-state index in [-0.39, 0.29) is 18.3 Å². The van der Waals surface area contributed by atoms with Crippen molar-refractivity contribution in [1.29, 1.82) is 0 Å². The highest BCUT2D eigenvalue weighted by Crippen LogP contribution is 2.25. The monoisotopic (exact) mass is 372 g/mol. The van der Waals surface area contributed by atoms with E-state index in [9.17, 15) is 9.90 Å². The Morgan fingerprint density at radius 1 is 1.15 bits per heavy atom. The van der Waals surface area contributed by atoms with Crippen molar-refractivity contribution in [3.63, 3.8) is 0 Å². The SMILES string of the molecule is CCCCOc1ccc(OCC(=O)NN=Cc2ccc(O)c(OC)c2)cc1. The van der Waals surface area contributed by atoms with Gasteiger partial charge in [0.25, 0.3) is 5.91 Å². The van der Waals surface area contributed by atoms with Crippen molar-refractivity contribution < 1.29 is 24.1 Å². The number of hydrazone groups is 1. The van der Waals surface area contributed by atoms with Crippen molar-refractivity contribution in [2.45, 2.75) is 19.8 Å². The molecule has 0 saturated carbocycles. The van der Waals surface area contributed by atoms with Crippen LogP contribution in [0.15, 0.2) is 47.6 Å². The summed E-state index contributed by atoms with van der Waals surface area (Å²) in [6.45, 7) is 2.63. The Labute approximate surface area is 158 Å². The average Bonchev–Trinajstić information content (AvgIpc) is 2.69. The van der Waals surface area contributed by atoms with Gasteiger partial charge in [-0.3, -0.25) is 4.79 Å². The molecule has 0 spiro atoms.